The highest BCUT2D eigenvalue weighted by Crippen LogP contribution is 2.28. The molecule has 1 amide bonds. The third-order valence-corrected chi connectivity index (χ3v) is 5.59. The molecule has 1 aromatic heterocycles. The van der Waals surface area contributed by atoms with Crippen LogP contribution in [-0.4, -0.2) is 54.4 Å². The summed E-state index contributed by atoms with van der Waals surface area (Å²) in [4.78, 5) is 38.3. The van der Waals surface area contributed by atoms with Crippen LogP contribution in [0.15, 0.2) is 23.0 Å². The fourth-order valence-electron chi connectivity index (χ4n) is 3.50. The van der Waals surface area contributed by atoms with Gasteiger partial charge < -0.3 is 10.0 Å². The lowest BCUT2D eigenvalue weighted by molar-refractivity contribution is -0.143. The number of hydrogen-bond acceptors (Lipinski definition) is 5. The van der Waals surface area contributed by atoms with E-state index in [2.05, 4.69) is 10.4 Å². The van der Waals surface area contributed by atoms with E-state index in [0.717, 1.165) is 4.68 Å². The molecule has 0 aliphatic heterocycles. The number of carbonyl (C=O) groups excluding carboxylic acids is 1. The maximum absolute atomic E-state index is 12.9. The average molecular weight is 428 g/mol. The van der Waals surface area contributed by atoms with Gasteiger partial charge in [0.05, 0.1) is 16.0 Å². The largest absolute Gasteiger partial charge is 0.481 e. The zero-order chi connectivity index (χ0) is 20.4. The van der Waals surface area contributed by atoms with Crippen molar-refractivity contribution < 1.29 is 14.7 Å². The number of carboxylic acids is 1. The van der Waals surface area contributed by atoms with Gasteiger partial charge in [-0.05, 0) is 55.2 Å². The molecular weight excluding hydrogens is 409 g/mol. The molecule has 1 fully saturated rings. The molecule has 1 N–H and O–H groups in total. The number of carboxylic acid groups (broad SMARTS) is 1. The summed E-state index contributed by atoms with van der Waals surface area (Å²) in [7, 11) is 0. The van der Waals surface area contributed by atoms with Crippen LogP contribution in [0.4, 0.5) is 4.79 Å². The first-order valence-electron chi connectivity index (χ1n) is 8.88. The van der Waals surface area contributed by atoms with Crippen molar-refractivity contribution >= 4 is 35.2 Å². The van der Waals surface area contributed by atoms with E-state index in [-0.39, 0.29) is 21.8 Å². The molecule has 1 aliphatic carbocycles. The van der Waals surface area contributed by atoms with Gasteiger partial charge in [-0.1, -0.05) is 29.3 Å². The minimum absolute atomic E-state index is 0.153. The average Bonchev–Trinajstić information content (AvgIpc) is 3.04. The number of aliphatic carboxylic acids is 1. The molecular formula is C17H19Cl2N5O4. The molecule has 28 heavy (non-hydrogen) atoms. The van der Waals surface area contributed by atoms with E-state index in [0.29, 0.717) is 36.9 Å². The Morgan fingerprint density at radius 3 is 2.32 bits per heavy atom. The van der Waals surface area contributed by atoms with Crippen molar-refractivity contribution in [2.75, 3.05) is 6.54 Å². The van der Waals surface area contributed by atoms with E-state index in [1.165, 1.54) is 4.90 Å². The normalized spacial score (nSPS) is 19.4. The number of aromatic nitrogens is 4. The van der Waals surface area contributed by atoms with E-state index in [1.807, 2.05) is 0 Å². The highest BCUT2D eigenvalue weighted by atomic mass is 35.5. The number of rotatable bonds is 4. The van der Waals surface area contributed by atoms with Gasteiger partial charge in [-0.25, -0.2) is 9.59 Å². The van der Waals surface area contributed by atoms with Crippen LogP contribution in [0.25, 0.3) is 5.69 Å². The van der Waals surface area contributed by atoms with Gasteiger partial charge in [0.15, 0.2) is 0 Å². The summed E-state index contributed by atoms with van der Waals surface area (Å²) >= 11 is 12.2. The second-order valence-corrected chi connectivity index (χ2v) is 7.38. The molecule has 9 nitrogen and oxygen atoms in total. The topological polar surface area (TPSA) is 110 Å². The fourth-order valence-corrected chi connectivity index (χ4v) is 4.06. The number of amides is 1. The number of benzene rings is 1. The van der Waals surface area contributed by atoms with Gasteiger partial charge in [-0.3, -0.25) is 4.79 Å². The first kappa shape index (κ1) is 20.3. The summed E-state index contributed by atoms with van der Waals surface area (Å²) in [5.74, 6) is -1.21. The molecule has 3 rings (SSSR count). The molecule has 0 saturated heterocycles. The Hall–Kier alpha value is -2.39. The predicted molar refractivity (Wildman–Crippen MR) is 102 cm³/mol. The lowest BCUT2D eigenvalue weighted by atomic mass is 9.85. The Kier molecular flexibility index (Phi) is 6.04. The molecule has 0 radical (unpaired) electrons. The molecule has 0 bridgehead atoms. The van der Waals surface area contributed by atoms with E-state index in [9.17, 15) is 14.4 Å². The maximum Gasteiger partial charge on any atom is 0.377 e. The van der Waals surface area contributed by atoms with Gasteiger partial charge in [-0.2, -0.15) is 4.68 Å². The highest BCUT2D eigenvalue weighted by molar-refractivity contribution is 6.37. The Morgan fingerprint density at radius 1 is 1.18 bits per heavy atom. The Bertz CT molecular complexity index is 929. The molecule has 1 heterocycles. The number of hydrogen-bond donors (Lipinski definition) is 1. The van der Waals surface area contributed by atoms with Gasteiger partial charge in [0, 0.05) is 12.6 Å². The standard InChI is InChI=1S/C17H19Cl2N5O4/c1-2-22(11-8-6-10(7-9-11)15(25)26)16(27)24-17(28)23(20-21-24)14-12(18)4-3-5-13(14)19/h3-5,10-11H,2,6-9H2,1H3,(H,25,26). The van der Waals surface area contributed by atoms with E-state index < -0.39 is 23.6 Å². The first-order chi connectivity index (χ1) is 13.3. The quantitative estimate of drug-likeness (QED) is 0.750. The summed E-state index contributed by atoms with van der Waals surface area (Å²) in [6.45, 7) is 2.15. The lowest BCUT2D eigenvalue weighted by Crippen LogP contribution is -2.47. The Morgan fingerprint density at radius 2 is 1.79 bits per heavy atom. The number of carbonyl (C=O) groups is 2. The number of tetrazole rings is 1. The van der Waals surface area contributed by atoms with Crippen molar-refractivity contribution in [2.24, 2.45) is 5.92 Å². The Balaban J connectivity index is 1.86. The summed E-state index contributed by atoms with van der Waals surface area (Å²) in [6, 6.07) is 3.96. The van der Waals surface area contributed by atoms with Crippen LogP contribution >= 0.6 is 23.2 Å². The van der Waals surface area contributed by atoms with E-state index in [1.54, 1.807) is 25.1 Å². The Labute approximate surface area is 170 Å². The maximum atomic E-state index is 12.9. The van der Waals surface area contributed by atoms with Gasteiger partial charge in [0.2, 0.25) is 0 Å². The van der Waals surface area contributed by atoms with Crippen LogP contribution < -0.4 is 5.69 Å². The SMILES string of the molecule is CCN(C(=O)n1nnn(-c2c(Cl)cccc2Cl)c1=O)C1CCC(C(=O)O)CC1. The zero-order valence-corrected chi connectivity index (χ0v) is 16.6. The molecule has 1 aromatic carbocycles. The summed E-state index contributed by atoms with van der Waals surface area (Å²) < 4.78 is 1.56. The van der Waals surface area contributed by atoms with Crippen LogP contribution in [0.5, 0.6) is 0 Å². The van der Waals surface area contributed by atoms with Crippen LogP contribution in [0.2, 0.25) is 10.0 Å². The minimum Gasteiger partial charge on any atom is -0.481 e. The molecule has 0 atom stereocenters. The van der Waals surface area contributed by atoms with Gasteiger partial charge in [0.1, 0.15) is 5.69 Å². The summed E-state index contributed by atoms with van der Waals surface area (Å²) in [5.41, 5.74) is -0.627. The first-order valence-corrected chi connectivity index (χ1v) is 9.64. The number of para-hydroxylation sites is 1. The molecule has 2 aromatic rings. The fraction of sp³-hybridized carbons (Fsp3) is 0.471. The van der Waals surface area contributed by atoms with Crippen molar-refractivity contribution in [3.05, 3.63) is 38.7 Å². The third kappa shape index (κ3) is 3.77. The van der Waals surface area contributed by atoms with Crippen LogP contribution in [0.1, 0.15) is 32.6 Å². The molecule has 0 unspecified atom stereocenters. The van der Waals surface area contributed by atoms with E-state index >= 15 is 0 Å². The molecule has 11 heteroatoms. The van der Waals surface area contributed by atoms with Crippen molar-refractivity contribution in [1.29, 1.82) is 0 Å². The van der Waals surface area contributed by atoms with E-state index in [4.69, 9.17) is 28.3 Å². The highest BCUT2D eigenvalue weighted by Gasteiger charge is 2.32. The second kappa shape index (κ2) is 8.32. The lowest BCUT2D eigenvalue weighted by Gasteiger charge is -2.34. The molecule has 0 spiro atoms. The summed E-state index contributed by atoms with van der Waals surface area (Å²) in [6.07, 6.45) is 2.08. The molecule has 150 valence electrons. The molecule has 1 saturated carbocycles. The smallest absolute Gasteiger partial charge is 0.377 e. The van der Waals surface area contributed by atoms with Gasteiger partial charge >= 0.3 is 17.7 Å². The van der Waals surface area contributed by atoms with Crippen molar-refractivity contribution in [3.63, 3.8) is 0 Å². The van der Waals surface area contributed by atoms with Gasteiger partial charge in [0.25, 0.3) is 0 Å². The van der Waals surface area contributed by atoms with Gasteiger partial charge in [-0.15, -0.1) is 4.68 Å². The van der Waals surface area contributed by atoms with Crippen molar-refractivity contribution in [1.82, 2.24) is 24.7 Å². The van der Waals surface area contributed by atoms with Crippen LogP contribution in [0.3, 0.4) is 0 Å². The second-order valence-electron chi connectivity index (χ2n) is 6.57. The van der Waals surface area contributed by atoms with Crippen molar-refractivity contribution in [2.45, 2.75) is 38.6 Å². The zero-order valence-electron chi connectivity index (χ0n) is 15.1. The van der Waals surface area contributed by atoms with Crippen molar-refractivity contribution in [3.8, 4) is 5.69 Å². The third-order valence-electron chi connectivity index (χ3n) is 4.98. The predicted octanol–water partition coefficient (Wildman–Crippen LogP) is 2.67. The monoisotopic (exact) mass is 427 g/mol. The van der Waals surface area contributed by atoms with Crippen LogP contribution in [-0.2, 0) is 4.79 Å². The van der Waals surface area contributed by atoms with Crippen LogP contribution in [0, 0.1) is 5.92 Å². The number of nitrogens with zero attached hydrogens (tertiary/aromatic N) is 5. The molecule has 1 aliphatic rings. The number of halogens is 2. The summed E-state index contributed by atoms with van der Waals surface area (Å²) in [5, 5.41) is 17.0. The minimum atomic E-state index is -0.816.